The predicted molar refractivity (Wildman–Crippen MR) is 107 cm³/mol. The Labute approximate surface area is 163 Å². The van der Waals surface area contributed by atoms with Crippen LogP contribution in [-0.2, 0) is 0 Å². The number of rotatable bonds is 7. The molecule has 6 heteroatoms. The zero-order chi connectivity index (χ0) is 18.6. The van der Waals surface area contributed by atoms with Gasteiger partial charge in [0.15, 0.2) is 0 Å². The molecular formula is C21H23ClN2O3. The Morgan fingerprint density at radius 2 is 2.04 bits per heavy atom. The van der Waals surface area contributed by atoms with E-state index < -0.39 is 6.10 Å². The van der Waals surface area contributed by atoms with E-state index in [9.17, 15) is 5.11 Å². The lowest BCUT2D eigenvalue weighted by molar-refractivity contribution is 0.0725. The van der Waals surface area contributed by atoms with Gasteiger partial charge in [-0.05, 0) is 42.8 Å². The number of hydrogen-bond acceptors (Lipinski definition) is 4. The summed E-state index contributed by atoms with van der Waals surface area (Å²) in [6.07, 6.45) is 2.41. The maximum atomic E-state index is 10.4. The van der Waals surface area contributed by atoms with Gasteiger partial charge in [-0.2, -0.15) is 0 Å². The van der Waals surface area contributed by atoms with Gasteiger partial charge in [-0.15, -0.1) is 0 Å². The molecule has 2 atom stereocenters. The molecule has 0 bridgehead atoms. The molecule has 0 aliphatic carbocycles. The number of H-pyrrole nitrogens is 1. The minimum absolute atomic E-state index is 0.131. The number of β-amino-alcohol motifs (C(OH)–C–C–N with tert-alkyl or cyclic N) is 1. The number of aromatic nitrogens is 1. The number of ether oxygens (including phenoxy) is 2. The van der Waals surface area contributed by atoms with Crippen molar-refractivity contribution in [1.82, 2.24) is 9.88 Å². The number of para-hydroxylation sites is 1. The molecule has 0 amide bonds. The molecule has 0 saturated carbocycles. The van der Waals surface area contributed by atoms with Gasteiger partial charge in [0.25, 0.3) is 0 Å². The van der Waals surface area contributed by atoms with Gasteiger partial charge < -0.3 is 19.6 Å². The zero-order valence-corrected chi connectivity index (χ0v) is 15.7. The first kappa shape index (κ1) is 18.2. The summed E-state index contributed by atoms with van der Waals surface area (Å²) in [5.74, 6) is 1.59. The second-order valence-corrected chi connectivity index (χ2v) is 7.34. The molecule has 1 aliphatic rings. The Morgan fingerprint density at radius 1 is 1.19 bits per heavy atom. The van der Waals surface area contributed by atoms with Crippen molar-refractivity contribution < 1.29 is 14.6 Å². The molecule has 2 heterocycles. The van der Waals surface area contributed by atoms with Crippen LogP contribution in [0.3, 0.4) is 0 Å². The number of nitrogens with one attached hydrogen (secondary N) is 1. The Hall–Kier alpha value is -2.21. The maximum Gasteiger partial charge on any atom is 0.143 e. The molecule has 4 rings (SSSR count). The third kappa shape index (κ3) is 4.56. The standard InChI is InChI=1S/C21H23ClN2O3/c22-16-4-6-18(7-5-16)27-19-9-11-24(13-19)12-17(25)14-26-20-3-1-2-15-8-10-23-21(15)20/h1-8,10,17,19,23,25H,9,11-14H2. The smallest absolute Gasteiger partial charge is 0.143 e. The van der Waals surface area contributed by atoms with Gasteiger partial charge in [-0.3, -0.25) is 4.90 Å². The first-order valence-corrected chi connectivity index (χ1v) is 9.57. The third-order valence-corrected chi connectivity index (χ3v) is 5.05. The molecule has 27 heavy (non-hydrogen) atoms. The Balaban J connectivity index is 1.24. The fourth-order valence-electron chi connectivity index (χ4n) is 3.48. The van der Waals surface area contributed by atoms with Crippen LogP contribution in [0.15, 0.2) is 54.7 Å². The average Bonchev–Trinajstić information content (AvgIpc) is 3.31. The SMILES string of the molecule is OC(COc1cccc2cc[nH]c12)CN1CCC(Oc2ccc(Cl)cc2)C1. The number of benzene rings is 2. The highest BCUT2D eigenvalue weighted by Crippen LogP contribution is 2.24. The molecule has 2 aromatic carbocycles. The van der Waals surface area contributed by atoms with E-state index in [1.807, 2.05) is 54.7 Å². The number of halogens is 1. The largest absolute Gasteiger partial charge is 0.489 e. The van der Waals surface area contributed by atoms with Gasteiger partial charge in [-0.25, -0.2) is 0 Å². The van der Waals surface area contributed by atoms with E-state index in [-0.39, 0.29) is 12.7 Å². The minimum atomic E-state index is -0.551. The first-order chi connectivity index (χ1) is 13.2. The van der Waals surface area contributed by atoms with Crippen molar-refractivity contribution in [3.8, 4) is 11.5 Å². The molecule has 1 saturated heterocycles. The highest BCUT2D eigenvalue weighted by atomic mass is 35.5. The van der Waals surface area contributed by atoms with E-state index in [1.165, 1.54) is 0 Å². The maximum absolute atomic E-state index is 10.4. The zero-order valence-electron chi connectivity index (χ0n) is 15.0. The molecule has 142 valence electrons. The predicted octanol–water partition coefficient (Wildman–Crippen LogP) is 3.71. The van der Waals surface area contributed by atoms with Crippen molar-refractivity contribution in [1.29, 1.82) is 0 Å². The van der Waals surface area contributed by atoms with Gasteiger partial charge in [0.05, 0.1) is 5.52 Å². The van der Waals surface area contributed by atoms with Crippen molar-refractivity contribution in [2.75, 3.05) is 26.2 Å². The van der Waals surface area contributed by atoms with Gasteiger partial charge in [0, 0.05) is 36.2 Å². The van der Waals surface area contributed by atoms with Crippen molar-refractivity contribution in [3.05, 3.63) is 59.8 Å². The van der Waals surface area contributed by atoms with Crippen LogP contribution in [0.25, 0.3) is 10.9 Å². The fourth-order valence-corrected chi connectivity index (χ4v) is 3.60. The number of hydrogen-bond donors (Lipinski definition) is 2. The topological polar surface area (TPSA) is 57.7 Å². The Morgan fingerprint density at radius 3 is 2.89 bits per heavy atom. The molecule has 2 unspecified atom stereocenters. The van der Waals surface area contributed by atoms with Crippen molar-refractivity contribution in [3.63, 3.8) is 0 Å². The Kier molecular flexibility index (Phi) is 5.53. The Bertz CT molecular complexity index is 881. The summed E-state index contributed by atoms with van der Waals surface area (Å²) < 4.78 is 11.8. The van der Waals surface area contributed by atoms with Crippen LogP contribution in [0.4, 0.5) is 0 Å². The number of likely N-dealkylation sites (tertiary alicyclic amines) is 1. The van der Waals surface area contributed by atoms with Crippen LogP contribution in [0.2, 0.25) is 5.02 Å². The van der Waals surface area contributed by atoms with Crippen molar-refractivity contribution in [2.24, 2.45) is 0 Å². The summed E-state index contributed by atoms with van der Waals surface area (Å²) in [5, 5.41) is 12.2. The summed E-state index contributed by atoms with van der Waals surface area (Å²) in [5.41, 5.74) is 0.960. The van der Waals surface area contributed by atoms with Gasteiger partial charge in [-0.1, -0.05) is 23.7 Å². The van der Waals surface area contributed by atoms with Crippen molar-refractivity contribution in [2.45, 2.75) is 18.6 Å². The van der Waals surface area contributed by atoms with Gasteiger partial charge in [0.2, 0.25) is 0 Å². The summed E-state index contributed by atoms with van der Waals surface area (Å²) in [6, 6.07) is 15.3. The van der Waals surface area contributed by atoms with E-state index in [0.29, 0.717) is 11.6 Å². The van der Waals surface area contributed by atoms with Gasteiger partial charge in [0.1, 0.15) is 30.3 Å². The van der Waals surface area contributed by atoms with Crippen LogP contribution < -0.4 is 9.47 Å². The third-order valence-electron chi connectivity index (χ3n) is 4.79. The lowest BCUT2D eigenvalue weighted by atomic mass is 10.2. The van der Waals surface area contributed by atoms with Crippen LogP contribution >= 0.6 is 11.6 Å². The van der Waals surface area contributed by atoms with E-state index in [0.717, 1.165) is 41.9 Å². The van der Waals surface area contributed by atoms with Crippen LogP contribution in [0.5, 0.6) is 11.5 Å². The molecule has 2 N–H and O–H groups in total. The summed E-state index contributed by atoms with van der Waals surface area (Å²) in [6.45, 7) is 2.53. The second kappa shape index (κ2) is 8.21. The number of aromatic amines is 1. The van der Waals surface area contributed by atoms with E-state index in [2.05, 4.69) is 9.88 Å². The summed E-state index contributed by atoms with van der Waals surface area (Å²) in [4.78, 5) is 5.39. The van der Waals surface area contributed by atoms with Crippen LogP contribution in [0.1, 0.15) is 6.42 Å². The minimum Gasteiger partial charge on any atom is -0.489 e. The molecule has 1 aliphatic heterocycles. The first-order valence-electron chi connectivity index (χ1n) is 9.19. The van der Waals surface area contributed by atoms with Crippen LogP contribution in [0, 0.1) is 0 Å². The number of nitrogens with zero attached hydrogens (tertiary/aromatic N) is 1. The van der Waals surface area contributed by atoms with Gasteiger partial charge >= 0.3 is 0 Å². The fraction of sp³-hybridized carbons (Fsp3) is 0.333. The quantitative estimate of drug-likeness (QED) is 0.649. The molecule has 3 aromatic rings. The normalized spacial score (nSPS) is 18.7. The molecule has 5 nitrogen and oxygen atoms in total. The number of aliphatic hydroxyl groups is 1. The van der Waals surface area contributed by atoms with E-state index in [4.69, 9.17) is 21.1 Å². The highest BCUT2D eigenvalue weighted by Gasteiger charge is 2.25. The van der Waals surface area contributed by atoms with Crippen LogP contribution in [-0.4, -0.2) is 53.4 Å². The molecule has 1 fully saturated rings. The number of fused-ring (bicyclic) bond motifs is 1. The molecular weight excluding hydrogens is 364 g/mol. The second-order valence-electron chi connectivity index (χ2n) is 6.90. The highest BCUT2D eigenvalue weighted by molar-refractivity contribution is 6.30. The van der Waals surface area contributed by atoms with E-state index >= 15 is 0 Å². The molecule has 1 aromatic heterocycles. The van der Waals surface area contributed by atoms with E-state index in [1.54, 1.807) is 0 Å². The summed E-state index contributed by atoms with van der Waals surface area (Å²) in [7, 11) is 0. The molecule has 0 spiro atoms. The van der Waals surface area contributed by atoms with Crippen molar-refractivity contribution >= 4 is 22.5 Å². The summed E-state index contributed by atoms with van der Waals surface area (Å²) >= 11 is 5.90. The number of aliphatic hydroxyl groups excluding tert-OH is 1. The molecule has 0 radical (unpaired) electrons. The monoisotopic (exact) mass is 386 g/mol. The average molecular weight is 387 g/mol. The lowest BCUT2D eigenvalue weighted by Gasteiger charge is -2.20. The lowest BCUT2D eigenvalue weighted by Crippen LogP contribution is -2.35.